The van der Waals surface area contributed by atoms with Crippen molar-refractivity contribution in [2.45, 2.75) is 13.5 Å². The molecule has 0 radical (unpaired) electrons. The van der Waals surface area contributed by atoms with Gasteiger partial charge in [0.2, 0.25) is 5.89 Å². The Bertz CT molecular complexity index is 868. The maximum absolute atomic E-state index is 9.41. The van der Waals surface area contributed by atoms with Crippen LogP contribution in [0.5, 0.6) is 5.75 Å². The summed E-state index contributed by atoms with van der Waals surface area (Å²) in [6, 6.07) is 15.5. The summed E-state index contributed by atoms with van der Waals surface area (Å²) in [5.41, 5.74) is 3.30. The van der Waals surface area contributed by atoms with Crippen molar-refractivity contribution < 1.29 is 14.4 Å². The first kappa shape index (κ1) is 16.6. The van der Waals surface area contributed by atoms with Crippen molar-refractivity contribution in [2.24, 2.45) is 0 Å². The quantitative estimate of drug-likeness (QED) is 0.748. The van der Waals surface area contributed by atoms with Gasteiger partial charge in [-0.05, 0) is 43.3 Å². The molecule has 1 aliphatic rings. The van der Waals surface area contributed by atoms with Crippen LogP contribution < -0.4 is 9.80 Å². The molecule has 0 aliphatic carbocycles. The highest BCUT2D eigenvalue weighted by atomic mass is 16.4. The van der Waals surface area contributed by atoms with Gasteiger partial charge in [-0.25, -0.2) is 0 Å². The molecular formula is C20H23N4O2+. The Kier molecular flexibility index (Phi) is 4.58. The number of nitrogens with zero attached hydrogens (tertiary/aromatic N) is 3. The van der Waals surface area contributed by atoms with Crippen LogP contribution in [0.3, 0.4) is 0 Å². The third-order valence-corrected chi connectivity index (χ3v) is 4.82. The molecule has 0 bridgehead atoms. The molecule has 1 aromatic heterocycles. The van der Waals surface area contributed by atoms with E-state index < -0.39 is 0 Å². The minimum Gasteiger partial charge on any atom is -0.508 e. The summed E-state index contributed by atoms with van der Waals surface area (Å²) in [5, 5.41) is 17.8. The second-order valence-corrected chi connectivity index (χ2v) is 6.80. The van der Waals surface area contributed by atoms with E-state index in [0.717, 1.165) is 44.0 Å². The first-order valence-electron chi connectivity index (χ1n) is 8.94. The largest absolute Gasteiger partial charge is 0.508 e. The van der Waals surface area contributed by atoms with Crippen molar-refractivity contribution in [1.82, 2.24) is 10.2 Å². The molecule has 134 valence electrons. The lowest BCUT2D eigenvalue weighted by molar-refractivity contribution is -0.915. The van der Waals surface area contributed by atoms with E-state index in [4.69, 9.17) is 4.42 Å². The Morgan fingerprint density at radius 2 is 1.85 bits per heavy atom. The van der Waals surface area contributed by atoms with Gasteiger partial charge in [0.15, 0.2) is 6.54 Å². The predicted molar refractivity (Wildman–Crippen MR) is 99.2 cm³/mol. The molecule has 1 aliphatic heterocycles. The van der Waals surface area contributed by atoms with Crippen LogP contribution in [0.2, 0.25) is 0 Å². The molecule has 1 fully saturated rings. The second-order valence-electron chi connectivity index (χ2n) is 6.80. The van der Waals surface area contributed by atoms with Gasteiger partial charge in [-0.2, -0.15) is 0 Å². The zero-order valence-electron chi connectivity index (χ0n) is 14.9. The number of aryl methyl sites for hydroxylation is 1. The van der Waals surface area contributed by atoms with Crippen LogP contribution in [-0.4, -0.2) is 41.5 Å². The third-order valence-electron chi connectivity index (χ3n) is 4.82. The summed E-state index contributed by atoms with van der Waals surface area (Å²) in [6.45, 7) is 6.78. The molecule has 2 heterocycles. The molecule has 0 unspecified atom stereocenters. The maximum atomic E-state index is 9.41. The molecule has 4 rings (SSSR count). The molecule has 2 aromatic carbocycles. The summed E-state index contributed by atoms with van der Waals surface area (Å²) >= 11 is 0. The predicted octanol–water partition coefficient (Wildman–Crippen LogP) is 1.66. The molecule has 6 nitrogen and oxygen atoms in total. The molecule has 0 spiro atoms. The van der Waals surface area contributed by atoms with Gasteiger partial charge < -0.3 is 19.3 Å². The summed E-state index contributed by atoms with van der Waals surface area (Å²) < 4.78 is 5.87. The molecule has 26 heavy (non-hydrogen) atoms. The van der Waals surface area contributed by atoms with Crippen LogP contribution in [0.25, 0.3) is 11.5 Å². The van der Waals surface area contributed by atoms with E-state index in [1.807, 2.05) is 24.3 Å². The van der Waals surface area contributed by atoms with Gasteiger partial charge in [-0.15, -0.1) is 10.2 Å². The Balaban J connectivity index is 1.35. The van der Waals surface area contributed by atoms with Crippen molar-refractivity contribution in [3.63, 3.8) is 0 Å². The average molecular weight is 351 g/mol. The van der Waals surface area contributed by atoms with Crippen LogP contribution in [0.15, 0.2) is 52.9 Å². The van der Waals surface area contributed by atoms with Gasteiger partial charge in [0.05, 0.1) is 26.2 Å². The van der Waals surface area contributed by atoms with Crippen molar-refractivity contribution in [1.29, 1.82) is 0 Å². The van der Waals surface area contributed by atoms with Crippen molar-refractivity contribution >= 4 is 5.69 Å². The molecule has 6 heteroatoms. The maximum Gasteiger partial charge on any atom is 0.271 e. The lowest BCUT2D eigenvalue weighted by Crippen LogP contribution is -3.13. The molecule has 1 saturated heterocycles. The van der Waals surface area contributed by atoms with Gasteiger partial charge >= 0.3 is 0 Å². The SMILES string of the molecule is Cc1cccc(-c2nnc(C[NH+]3CCN(c4ccc(O)cc4)CC3)o2)c1. The van der Waals surface area contributed by atoms with Gasteiger partial charge in [-0.1, -0.05) is 17.7 Å². The molecular weight excluding hydrogens is 328 g/mol. The zero-order chi connectivity index (χ0) is 17.9. The van der Waals surface area contributed by atoms with E-state index in [0.29, 0.717) is 17.5 Å². The Morgan fingerprint density at radius 3 is 2.58 bits per heavy atom. The van der Waals surface area contributed by atoms with Crippen LogP contribution >= 0.6 is 0 Å². The standard InChI is InChI=1S/C20H22N4O2/c1-15-3-2-4-16(13-15)20-22-21-19(26-20)14-23-9-11-24(12-10-23)17-5-7-18(25)8-6-17/h2-8,13,25H,9-12,14H2,1H3/p+1. The fraction of sp³-hybridized carbons (Fsp3) is 0.300. The summed E-state index contributed by atoms with van der Waals surface area (Å²) in [4.78, 5) is 3.79. The molecule has 0 atom stereocenters. The number of rotatable bonds is 4. The Labute approximate surface area is 152 Å². The number of benzene rings is 2. The summed E-state index contributed by atoms with van der Waals surface area (Å²) in [6.07, 6.45) is 0. The van der Waals surface area contributed by atoms with E-state index in [1.54, 1.807) is 12.1 Å². The van der Waals surface area contributed by atoms with E-state index in [1.165, 1.54) is 10.5 Å². The topological polar surface area (TPSA) is 66.8 Å². The minimum absolute atomic E-state index is 0.304. The fourth-order valence-corrected chi connectivity index (χ4v) is 3.36. The van der Waals surface area contributed by atoms with E-state index in [2.05, 4.69) is 34.2 Å². The van der Waals surface area contributed by atoms with E-state index in [-0.39, 0.29) is 0 Å². The van der Waals surface area contributed by atoms with Crippen LogP contribution in [0, 0.1) is 6.92 Å². The highest BCUT2D eigenvalue weighted by molar-refractivity contribution is 5.53. The molecule has 2 N–H and O–H groups in total. The van der Waals surface area contributed by atoms with Gasteiger partial charge in [0, 0.05) is 11.3 Å². The fourth-order valence-electron chi connectivity index (χ4n) is 3.36. The van der Waals surface area contributed by atoms with Gasteiger partial charge in [0.1, 0.15) is 5.75 Å². The Morgan fingerprint density at radius 1 is 1.08 bits per heavy atom. The number of quaternary nitrogens is 1. The number of hydrogen-bond donors (Lipinski definition) is 2. The Hall–Kier alpha value is -2.86. The number of piperazine rings is 1. The number of aromatic hydroxyl groups is 1. The average Bonchev–Trinajstić information content (AvgIpc) is 3.12. The highest BCUT2D eigenvalue weighted by Gasteiger charge is 2.22. The first-order chi connectivity index (χ1) is 12.7. The lowest BCUT2D eigenvalue weighted by atomic mass is 10.1. The first-order valence-corrected chi connectivity index (χ1v) is 8.94. The number of nitrogens with one attached hydrogen (secondary N) is 1. The zero-order valence-corrected chi connectivity index (χ0v) is 14.9. The number of anilines is 1. The van der Waals surface area contributed by atoms with Crippen LogP contribution in [0.1, 0.15) is 11.5 Å². The molecule has 3 aromatic rings. The van der Waals surface area contributed by atoms with E-state index in [9.17, 15) is 5.11 Å². The second kappa shape index (κ2) is 7.17. The summed E-state index contributed by atoms with van der Waals surface area (Å²) in [7, 11) is 0. The minimum atomic E-state index is 0.304. The van der Waals surface area contributed by atoms with Gasteiger partial charge in [0.25, 0.3) is 5.89 Å². The van der Waals surface area contributed by atoms with Crippen molar-refractivity contribution in [3.05, 3.63) is 60.0 Å². The molecule has 0 amide bonds. The van der Waals surface area contributed by atoms with Crippen molar-refractivity contribution in [3.8, 4) is 17.2 Å². The molecule has 0 saturated carbocycles. The monoisotopic (exact) mass is 351 g/mol. The number of phenols is 1. The normalized spacial score (nSPS) is 15.3. The van der Waals surface area contributed by atoms with E-state index >= 15 is 0 Å². The highest BCUT2D eigenvalue weighted by Crippen LogP contribution is 2.19. The van der Waals surface area contributed by atoms with Crippen molar-refractivity contribution in [2.75, 3.05) is 31.1 Å². The van der Waals surface area contributed by atoms with Crippen LogP contribution in [-0.2, 0) is 6.54 Å². The number of aromatic nitrogens is 2. The summed E-state index contributed by atoms with van der Waals surface area (Å²) in [5.74, 6) is 1.58. The number of hydrogen-bond acceptors (Lipinski definition) is 5. The smallest absolute Gasteiger partial charge is 0.271 e. The van der Waals surface area contributed by atoms with Gasteiger partial charge in [-0.3, -0.25) is 0 Å². The number of phenolic OH excluding ortho intramolecular Hbond substituents is 1. The third kappa shape index (κ3) is 3.70. The van der Waals surface area contributed by atoms with Crippen LogP contribution in [0.4, 0.5) is 5.69 Å². The lowest BCUT2D eigenvalue weighted by Gasteiger charge is -2.33.